The Morgan fingerprint density at radius 3 is 2.47 bits per heavy atom. The fourth-order valence-electron chi connectivity index (χ4n) is 2.55. The molecule has 19 heavy (non-hydrogen) atoms. The average Bonchev–Trinajstić information content (AvgIpc) is 2.43. The van der Waals surface area contributed by atoms with Gasteiger partial charge in [-0.25, -0.2) is 8.78 Å². The molecule has 0 aromatic heterocycles. The Balaban J connectivity index is 1.92. The van der Waals surface area contributed by atoms with E-state index in [1.807, 2.05) is 0 Å². The molecule has 0 amide bonds. The van der Waals surface area contributed by atoms with E-state index in [0.717, 1.165) is 44.2 Å². The Kier molecular flexibility index (Phi) is 4.51. The summed E-state index contributed by atoms with van der Waals surface area (Å²) in [5.74, 6) is -1.62. The maximum Gasteiger partial charge on any atom is 0.314 e. The Labute approximate surface area is 111 Å². The first-order valence-corrected chi connectivity index (χ1v) is 6.77. The fraction of sp³-hybridized carbons (Fsp3) is 0.533. The van der Waals surface area contributed by atoms with Gasteiger partial charge < -0.3 is 4.74 Å². The Hall–Kier alpha value is -1.45. The van der Waals surface area contributed by atoms with Crippen LogP contribution in [0.4, 0.5) is 8.78 Å². The van der Waals surface area contributed by atoms with Crippen LogP contribution in [0.2, 0.25) is 0 Å². The molecule has 0 saturated heterocycles. The van der Waals surface area contributed by atoms with E-state index < -0.39 is 11.6 Å². The van der Waals surface area contributed by atoms with Gasteiger partial charge in [0.05, 0.1) is 5.92 Å². The van der Waals surface area contributed by atoms with Crippen molar-refractivity contribution in [1.29, 1.82) is 0 Å². The second-order valence-corrected chi connectivity index (χ2v) is 5.12. The minimum atomic E-state index is -1.00. The van der Waals surface area contributed by atoms with Crippen LogP contribution in [0.1, 0.15) is 39.0 Å². The molecule has 0 aliphatic heterocycles. The number of carbonyl (C=O) groups excluding carboxylic acids is 1. The molecule has 4 heteroatoms. The highest BCUT2D eigenvalue weighted by Gasteiger charge is 2.27. The molecular weight excluding hydrogens is 250 g/mol. The van der Waals surface area contributed by atoms with Gasteiger partial charge >= 0.3 is 5.97 Å². The summed E-state index contributed by atoms with van der Waals surface area (Å²) in [6, 6.07) is 3.14. The van der Waals surface area contributed by atoms with Crippen LogP contribution in [0.3, 0.4) is 0 Å². The molecule has 0 atom stereocenters. The van der Waals surface area contributed by atoms with Crippen molar-refractivity contribution in [2.45, 2.75) is 39.0 Å². The molecule has 0 heterocycles. The molecule has 2 rings (SSSR count). The summed E-state index contributed by atoms with van der Waals surface area (Å²) in [5.41, 5.74) is 0. The zero-order valence-corrected chi connectivity index (χ0v) is 11.0. The minimum absolute atomic E-state index is 0.0708. The van der Waals surface area contributed by atoms with Crippen LogP contribution < -0.4 is 4.74 Å². The number of hydrogen-bond acceptors (Lipinski definition) is 2. The third-order valence-corrected chi connectivity index (χ3v) is 3.87. The van der Waals surface area contributed by atoms with Crippen LogP contribution in [0.5, 0.6) is 5.75 Å². The van der Waals surface area contributed by atoms with Gasteiger partial charge in [0.15, 0.2) is 11.6 Å². The summed E-state index contributed by atoms with van der Waals surface area (Å²) in [5, 5.41) is 0. The molecule has 0 N–H and O–H groups in total. The largest absolute Gasteiger partial charge is 0.426 e. The summed E-state index contributed by atoms with van der Waals surface area (Å²) in [7, 11) is 0. The molecule has 1 aliphatic rings. The number of hydrogen-bond donors (Lipinski definition) is 0. The van der Waals surface area contributed by atoms with Gasteiger partial charge in [0.25, 0.3) is 0 Å². The Morgan fingerprint density at radius 1 is 1.21 bits per heavy atom. The topological polar surface area (TPSA) is 26.3 Å². The third-order valence-electron chi connectivity index (χ3n) is 3.87. The highest BCUT2D eigenvalue weighted by atomic mass is 19.2. The molecule has 104 valence electrons. The SMILES string of the molecule is CCC1CCC(C(=O)Oc2ccc(F)c(F)c2)CC1. The van der Waals surface area contributed by atoms with Crippen molar-refractivity contribution < 1.29 is 18.3 Å². The lowest BCUT2D eigenvalue weighted by atomic mass is 9.81. The highest BCUT2D eigenvalue weighted by molar-refractivity contribution is 5.75. The Morgan fingerprint density at radius 2 is 1.89 bits per heavy atom. The molecular formula is C15H18F2O2. The van der Waals surface area contributed by atoms with E-state index in [1.165, 1.54) is 6.07 Å². The van der Waals surface area contributed by atoms with Crippen molar-refractivity contribution in [3.05, 3.63) is 29.8 Å². The van der Waals surface area contributed by atoms with E-state index in [-0.39, 0.29) is 17.6 Å². The summed E-state index contributed by atoms with van der Waals surface area (Å²) in [6.07, 6.45) is 4.86. The van der Waals surface area contributed by atoms with Gasteiger partial charge in [-0.15, -0.1) is 0 Å². The number of rotatable bonds is 3. The van der Waals surface area contributed by atoms with Crippen LogP contribution in [0.15, 0.2) is 18.2 Å². The van der Waals surface area contributed by atoms with Crippen molar-refractivity contribution in [3.63, 3.8) is 0 Å². The summed E-state index contributed by atoms with van der Waals surface area (Å²) >= 11 is 0. The first kappa shape index (κ1) is 14.0. The minimum Gasteiger partial charge on any atom is -0.426 e. The number of benzene rings is 1. The number of carbonyl (C=O) groups is 1. The lowest BCUT2D eigenvalue weighted by Gasteiger charge is -2.26. The quantitative estimate of drug-likeness (QED) is 0.609. The molecule has 2 nitrogen and oxygen atoms in total. The van der Waals surface area contributed by atoms with Gasteiger partial charge in [-0.05, 0) is 43.7 Å². The van der Waals surface area contributed by atoms with E-state index >= 15 is 0 Å². The lowest BCUT2D eigenvalue weighted by molar-refractivity contribution is -0.140. The predicted molar refractivity (Wildman–Crippen MR) is 67.7 cm³/mol. The van der Waals surface area contributed by atoms with Crippen molar-refractivity contribution in [2.24, 2.45) is 11.8 Å². The molecule has 0 radical (unpaired) electrons. The van der Waals surface area contributed by atoms with Gasteiger partial charge in [-0.1, -0.05) is 13.3 Å². The van der Waals surface area contributed by atoms with Crippen molar-refractivity contribution >= 4 is 5.97 Å². The van der Waals surface area contributed by atoms with Crippen LogP contribution in [0, 0.1) is 23.5 Å². The van der Waals surface area contributed by atoms with Crippen molar-refractivity contribution in [3.8, 4) is 5.75 Å². The predicted octanol–water partition coefficient (Wildman–Crippen LogP) is 4.09. The van der Waals surface area contributed by atoms with Gasteiger partial charge in [0, 0.05) is 6.07 Å². The monoisotopic (exact) mass is 268 g/mol. The molecule has 1 aromatic carbocycles. The zero-order valence-electron chi connectivity index (χ0n) is 11.0. The lowest BCUT2D eigenvalue weighted by Crippen LogP contribution is -2.25. The average molecular weight is 268 g/mol. The van der Waals surface area contributed by atoms with Gasteiger partial charge in [0.1, 0.15) is 5.75 Å². The summed E-state index contributed by atoms with van der Waals surface area (Å²) in [6.45, 7) is 2.16. The molecule has 0 unspecified atom stereocenters. The van der Waals surface area contributed by atoms with Crippen LogP contribution in [0.25, 0.3) is 0 Å². The first-order chi connectivity index (χ1) is 9.10. The molecule has 1 aromatic rings. The summed E-state index contributed by atoms with van der Waals surface area (Å²) < 4.78 is 30.9. The maximum atomic E-state index is 13.0. The molecule has 1 saturated carbocycles. The van der Waals surface area contributed by atoms with Gasteiger partial charge in [0.2, 0.25) is 0 Å². The molecule has 0 bridgehead atoms. The third kappa shape index (κ3) is 3.52. The smallest absolute Gasteiger partial charge is 0.314 e. The van der Waals surface area contributed by atoms with Crippen molar-refractivity contribution in [2.75, 3.05) is 0 Å². The van der Waals surface area contributed by atoms with Crippen molar-refractivity contribution in [1.82, 2.24) is 0 Å². The van der Waals surface area contributed by atoms with E-state index in [2.05, 4.69) is 6.92 Å². The number of halogens is 2. The summed E-state index contributed by atoms with van der Waals surface area (Å²) in [4.78, 5) is 11.9. The number of ether oxygens (including phenoxy) is 1. The second kappa shape index (κ2) is 6.13. The Bertz CT molecular complexity index is 451. The van der Waals surface area contributed by atoms with Crippen LogP contribution in [-0.4, -0.2) is 5.97 Å². The molecule has 0 spiro atoms. The van der Waals surface area contributed by atoms with Crippen LogP contribution >= 0.6 is 0 Å². The molecule has 1 fully saturated rings. The first-order valence-electron chi connectivity index (χ1n) is 6.77. The van der Waals surface area contributed by atoms with E-state index in [9.17, 15) is 13.6 Å². The van der Waals surface area contributed by atoms with E-state index in [1.54, 1.807) is 0 Å². The second-order valence-electron chi connectivity index (χ2n) is 5.12. The van der Waals surface area contributed by atoms with Gasteiger partial charge in [-0.2, -0.15) is 0 Å². The highest BCUT2D eigenvalue weighted by Crippen LogP contribution is 2.31. The van der Waals surface area contributed by atoms with E-state index in [4.69, 9.17) is 4.74 Å². The fourth-order valence-corrected chi connectivity index (χ4v) is 2.55. The zero-order chi connectivity index (χ0) is 13.8. The molecule has 1 aliphatic carbocycles. The maximum absolute atomic E-state index is 13.0. The number of esters is 1. The van der Waals surface area contributed by atoms with Crippen LogP contribution in [-0.2, 0) is 4.79 Å². The normalized spacial score (nSPS) is 23.1. The van der Waals surface area contributed by atoms with E-state index in [0.29, 0.717) is 5.92 Å². The van der Waals surface area contributed by atoms with Gasteiger partial charge in [-0.3, -0.25) is 4.79 Å². The standard InChI is InChI=1S/C15H18F2O2/c1-2-10-3-5-11(6-4-10)15(18)19-12-7-8-13(16)14(17)9-12/h7-11H,2-6H2,1H3.